The van der Waals surface area contributed by atoms with Crippen molar-refractivity contribution < 1.29 is 9.53 Å². The number of fused-ring (bicyclic) bond motifs is 2. The molecular weight excluding hydrogens is 318 g/mol. The van der Waals surface area contributed by atoms with Crippen molar-refractivity contribution in [2.24, 2.45) is 0 Å². The highest BCUT2D eigenvalue weighted by molar-refractivity contribution is 6.04. The number of benzene rings is 1. The predicted octanol–water partition coefficient (Wildman–Crippen LogP) is 3.37. The third-order valence-corrected chi connectivity index (χ3v) is 3.89. The van der Waals surface area contributed by atoms with E-state index in [9.17, 15) is 4.79 Å². The lowest BCUT2D eigenvalue weighted by molar-refractivity contribution is 0.0955. The van der Waals surface area contributed by atoms with Crippen molar-refractivity contribution in [3.8, 4) is 11.6 Å². The number of carbonyl (C=O) groups excluding carboxylic acids is 1. The van der Waals surface area contributed by atoms with Gasteiger partial charge in [-0.25, -0.2) is 9.97 Å². The zero-order chi connectivity index (χ0) is 17.2. The SMILES string of the molecule is CCCNC(=O)c1c[nH]c2ncc(Oc3ccc4[nH]ccc4c3)nc12. The third kappa shape index (κ3) is 2.91. The highest BCUT2D eigenvalue weighted by Crippen LogP contribution is 2.25. The lowest BCUT2D eigenvalue weighted by Crippen LogP contribution is -2.23. The molecule has 3 heterocycles. The van der Waals surface area contributed by atoms with Crippen molar-refractivity contribution in [3.05, 3.63) is 48.4 Å². The smallest absolute Gasteiger partial charge is 0.255 e. The van der Waals surface area contributed by atoms with Crippen LogP contribution in [0, 0.1) is 0 Å². The zero-order valence-electron chi connectivity index (χ0n) is 13.7. The van der Waals surface area contributed by atoms with E-state index in [0.717, 1.165) is 17.3 Å². The summed E-state index contributed by atoms with van der Waals surface area (Å²) in [7, 11) is 0. The fraction of sp³-hybridized carbons (Fsp3) is 0.167. The molecule has 0 aliphatic heterocycles. The number of hydrogen-bond acceptors (Lipinski definition) is 4. The number of aromatic amines is 2. The summed E-state index contributed by atoms with van der Waals surface area (Å²) in [4.78, 5) is 27.0. The predicted molar refractivity (Wildman–Crippen MR) is 94.9 cm³/mol. The van der Waals surface area contributed by atoms with Gasteiger partial charge in [-0.05, 0) is 30.7 Å². The van der Waals surface area contributed by atoms with Gasteiger partial charge in [0.05, 0.1) is 11.8 Å². The monoisotopic (exact) mass is 335 g/mol. The minimum absolute atomic E-state index is 0.173. The molecule has 0 spiro atoms. The van der Waals surface area contributed by atoms with E-state index in [1.807, 2.05) is 37.4 Å². The number of H-pyrrole nitrogens is 2. The van der Waals surface area contributed by atoms with Gasteiger partial charge in [0, 0.05) is 29.8 Å². The summed E-state index contributed by atoms with van der Waals surface area (Å²) >= 11 is 0. The summed E-state index contributed by atoms with van der Waals surface area (Å²) in [5, 5.41) is 3.89. The number of hydrogen-bond donors (Lipinski definition) is 3. The number of nitrogens with one attached hydrogen (secondary N) is 3. The van der Waals surface area contributed by atoms with Gasteiger partial charge >= 0.3 is 0 Å². The summed E-state index contributed by atoms with van der Waals surface area (Å²) in [6.45, 7) is 2.62. The second-order valence-electron chi connectivity index (χ2n) is 5.69. The Bertz CT molecular complexity index is 1050. The molecule has 4 rings (SSSR count). The Morgan fingerprint density at radius 1 is 1.28 bits per heavy atom. The number of carbonyl (C=O) groups is 1. The molecular formula is C18H17N5O2. The minimum atomic E-state index is -0.173. The molecule has 0 unspecified atom stereocenters. The molecule has 7 heteroatoms. The molecule has 126 valence electrons. The average molecular weight is 335 g/mol. The second kappa shape index (κ2) is 6.27. The lowest BCUT2D eigenvalue weighted by Gasteiger charge is -2.05. The summed E-state index contributed by atoms with van der Waals surface area (Å²) in [5.41, 5.74) is 2.54. The standard InChI is InChI=1S/C18H17N5O2/c1-2-6-20-18(24)13-9-21-17-16(13)23-15(10-22-17)25-12-3-4-14-11(8-12)5-7-19-14/h3-5,7-10,19H,2,6H2,1H3,(H,20,24)(H,21,22). The first-order valence-electron chi connectivity index (χ1n) is 8.12. The van der Waals surface area contributed by atoms with Crippen molar-refractivity contribution >= 4 is 28.0 Å². The molecule has 4 aromatic rings. The molecule has 1 aromatic carbocycles. The van der Waals surface area contributed by atoms with Crippen LogP contribution in [0.2, 0.25) is 0 Å². The van der Waals surface area contributed by atoms with Gasteiger partial charge in [-0.15, -0.1) is 0 Å². The maximum atomic E-state index is 12.2. The Hall–Kier alpha value is -3.35. The average Bonchev–Trinajstić information content (AvgIpc) is 3.25. The molecule has 1 amide bonds. The van der Waals surface area contributed by atoms with Crippen LogP contribution in [0.15, 0.2) is 42.9 Å². The Kier molecular flexibility index (Phi) is 3.81. The first-order chi connectivity index (χ1) is 12.2. The second-order valence-corrected chi connectivity index (χ2v) is 5.69. The number of amides is 1. The van der Waals surface area contributed by atoms with Crippen LogP contribution in [0.4, 0.5) is 0 Å². The highest BCUT2D eigenvalue weighted by Gasteiger charge is 2.15. The Morgan fingerprint density at radius 3 is 3.08 bits per heavy atom. The van der Waals surface area contributed by atoms with Crippen LogP contribution in [0.25, 0.3) is 22.1 Å². The Balaban J connectivity index is 1.64. The van der Waals surface area contributed by atoms with Gasteiger partial charge in [0.1, 0.15) is 11.3 Å². The van der Waals surface area contributed by atoms with Crippen LogP contribution < -0.4 is 10.1 Å². The van der Waals surface area contributed by atoms with Crippen molar-refractivity contribution in [2.45, 2.75) is 13.3 Å². The van der Waals surface area contributed by atoms with Gasteiger partial charge in [-0.2, -0.15) is 0 Å². The largest absolute Gasteiger partial charge is 0.437 e. The van der Waals surface area contributed by atoms with Gasteiger partial charge < -0.3 is 20.0 Å². The maximum absolute atomic E-state index is 12.2. The quantitative estimate of drug-likeness (QED) is 0.521. The van der Waals surface area contributed by atoms with Gasteiger partial charge in [0.2, 0.25) is 5.88 Å². The van der Waals surface area contributed by atoms with E-state index in [-0.39, 0.29) is 5.91 Å². The summed E-state index contributed by atoms with van der Waals surface area (Å²) in [6, 6.07) is 7.69. The molecule has 0 bridgehead atoms. The van der Waals surface area contributed by atoms with Crippen LogP contribution >= 0.6 is 0 Å². The first kappa shape index (κ1) is 15.2. The first-order valence-corrected chi connectivity index (χ1v) is 8.12. The van der Waals surface area contributed by atoms with E-state index >= 15 is 0 Å². The molecule has 0 aliphatic carbocycles. The van der Waals surface area contributed by atoms with Crippen LogP contribution in [0.5, 0.6) is 11.6 Å². The van der Waals surface area contributed by atoms with E-state index in [2.05, 4.69) is 25.3 Å². The maximum Gasteiger partial charge on any atom is 0.255 e. The molecule has 0 aliphatic rings. The number of ether oxygens (including phenoxy) is 1. The molecule has 0 fully saturated rings. The van der Waals surface area contributed by atoms with E-state index in [1.165, 1.54) is 6.20 Å². The van der Waals surface area contributed by atoms with Gasteiger partial charge in [-0.1, -0.05) is 6.92 Å². The zero-order valence-corrected chi connectivity index (χ0v) is 13.7. The molecule has 25 heavy (non-hydrogen) atoms. The fourth-order valence-electron chi connectivity index (χ4n) is 2.65. The Labute approximate surface area is 143 Å². The van der Waals surface area contributed by atoms with E-state index in [0.29, 0.717) is 34.9 Å². The molecule has 0 saturated carbocycles. The summed E-state index contributed by atoms with van der Waals surface area (Å²) in [5.74, 6) is 0.827. The van der Waals surface area contributed by atoms with Gasteiger partial charge in [0.25, 0.3) is 5.91 Å². The topological polar surface area (TPSA) is 95.7 Å². The van der Waals surface area contributed by atoms with Crippen LogP contribution in [0.3, 0.4) is 0 Å². The van der Waals surface area contributed by atoms with Crippen LogP contribution in [0.1, 0.15) is 23.7 Å². The summed E-state index contributed by atoms with van der Waals surface area (Å²) < 4.78 is 5.82. The molecule has 0 saturated heterocycles. The minimum Gasteiger partial charge on any atom is -0.437 e. The normalized spacial score (nSPS) is 11.1. The van der Waals surface area contributed by atoms with Gasteiger partial charge in [0.15, 0.2) is 5.65 Å². The van der Waals surface area contributed by atoms with E-state index in [4.69, 9.17) is 4.74 Å². The summed E-state index contributed by atoms with van der Waals surface area (Å²) in [6.07, 6.45) is 5.90. The third-order valence-electron chi connectivity index (χ3n) is 3.89. The molecule has 3 N–H and O–H groups in total. The number of rotatable bonds is 5. The molecule has 3 aromatic heterocycles. The Morgan fingerprint density at radius 2 is 2.20 bits per heavy atom. The number of nitrogens with zero attached hydrogens (tertiary/aromatic N) is 2. The van der Waals surface area contributed by atoms with Crippen molar-refractivity contribution in [1.29, 1.82) is 0 Å². The van der Waals surface area contributed by atoms with Crippen LogP contribution in [-0.2, 0) is 0 Å². The van der Waals surface area contributed by atoms with Crippen LogP contribution in [-0.4, -0.2) is 32.4 Å². The van der Waals surface area contributed by atoms with E-state index in [1.54, 1.807) is 6.20 Å². The van der Waals surface area contributed by atoms with Crippen molar-refractivity contribution in [2.75, 3.05) is 6.54 Å². The van der Waals surface area contributed by atoms with E-state index < -0.39 is 0 Å². The van der Waals surface area contributed by atoms with Crippen molar-refractivity contribution in [3.63, 3.8) is 0 Å². The van der Waals surface area contributed by atoms with Gasteiger partial charge in [-0.3, -0.25) is 4.79 Å². The molecule has 0 atom stereocenters. The lowest BCUT2D eigenvalue weighted by atomic mass is 10.2. The molecule has 7 nitrogen and oxygen atoms in total. The van der Waals surface area contributed by atoms with Crippen molar-refractivity contribution in [1.82, 2.24) is 25.3 Å². The highest BCUT2D eigenvalue weighted by atomic mass is 16.5. The number of aromatic nitrogens is 4. The molecule has 0 radical (unpaired) electrons. The fourth-order valence-corrected chi connectivity index (χ4v) is 2.65.